The first-order valence-corrected chi connectivity index (χ1v) is 7.70. The van der Waals surface area contributed by atoms with Gasteiger partial charge in [-0.25, -0.2) is 0 Å². The minimum atomic E-state index is 0.189. The topological polar surface area (TPSA) is 55.1 Å². The minimum absolute atomic E-state index is 0.189. The summed E-state index contributed by atoms with van der Waals surface area (Å²) < 4.78 is 0. The Morgan fingerprint density at radius 2 is 1.61 bits per heavy atom. The normalized spacial score (nSPS) is 41.1. The van der Waals surface area contributed by atoms with Crippen molar-refractivity contribution in [1.29, 1.82) is 0 Å². The Bertz CT molecular complexity index is 291. The van der Waals surface area contributed by atoms with E-state index in [9.17, 15) is 4.79 Å². The molecule has 4 bridgehead atoms. The van der Waals surface area contributed by atoms with Gasteiger partial charge in [0.05, 0.1) is 0 Å². The zero-order valence-corrected chi connectivity index (χ0v) is 11.3. The predicted molar refractivity (Wildman–Crippen MR) is 72.0 cm³/mol. The van der Waals surface area contributed by atoms with Gasteiger partial charge in [-0.15, -0.1) is 0 Å². The Morgan fingerprint density at radius 1 is 1.06 bits per heavy atom. The van der Waals surface area contributed by atoms with Crippen molar-refractivity contribution < 1.29 is 4.79 Å². The van der Waals surface area contributed by atoms with Crippen LogP contribution in [-0.4, -0.2) is 18.0 Å². The Hall–Kier alpha value is -0.570. The van der Waals surface area contributed by atoms with Crippen LogP contribution in [0.5, 0.6) is 0 Å². The van der Waals surface area contributed by atoms with Crippen molar-refractivity contribution in [3.05, 3.63) is 0 Å². The van der Waals surface area contributed by atoms with Gasteiger partial charge in [-0.1, -0.05) is 0 Å². The third-order valence-corrected chi connectivity index (χ3v) is 5.30. The van der Waals surface area contributed by atoms with E-state index in [-0.39, 0.29) is 11.4 Å². The van der Waals surface area contributed by atoms with Crippen LogP contribution in [0.2, 0.25) is 0 Å². The zero-order chi connectivity index (χ0) is 12.6. The molecule has 4 aliphatic carbocycles. The van der Waals surface area contributed by atoms with E-state index >= 15 is 0 Å². The van der Waals surface area contributed by atoms with Crippen LogP contribution in [0.4, 0.5) is 0 Å². The quantitative estimate of drug-likeness (QED) is 0.735. The number of rotatable bonds is 5. The lowest BCUT2D eigenvalue weighted by Gasteiger charge is -2.56. The maximum atomic E-state index is 12.1. The van der Waals surface area contributed by atoms with Crippen LogP contribution >= 0.6 is 0 Å². The lowest BCUT2D eigenvalue weighted by Crippen LogP contribution is -2.59. The zero-order valence-electron chi connectivity index (χ0n) is 11.3. The molecule has 0 atom stereocenters. The monoisotopic (exact) mass is 250 g/mol. The highest BCUT2D eigenvalue weighted by Crippen LogP contribution is 2.55. The average Bonchev–Trinajstić information content (AvgIpc) is 2.26. The molecule has 18 heavy (non-hydrogen) atoms. The van der Waals surface area contributed by atoms with Gasteiger partial charge >= 0.3 is 0 Å². The number of carbonyl (C=O) groups excluding carboxylic acids is 1. The minimum Gasteiger partial charge on any atom is -0.351 e. The molecular weight excluding hydrogens is 224 g/mol. The second-order valence-electron chi connectivity index (χ2n) is 6.99. The van der Waals surface area contributed by atoms with Gasteiger partial charge < -0.3 is 11.1 Å². The largest absolute Gasteiger partial charge is 0.351 e. The van der Waals surface area contributed by atoms with E-state index in [4.69, 9.17) is 5.73 Å². The fourth-order valence-corrected chi connectivity index (χ4v) is 5.05. The highest BCUT2D eigenvalue weighted by molar-refractivity contribution is 5.76. The van der Waals surface area contributed by atoms with Crippen molar-refractivity contribution in [3.8, 4) is 0 Å². The first-order valence-electron chi connectivity index (χ1n) is 7.70. The molecule has 3 nitrogen and oxygen atoms in total. The second-order valence-corrected chi connectivity index (χ2v) is 6.99. The number of nitrogens with one attached hydrogen (secondary N) is 1. The molecule has 0 spiro atoms. The van der Waals surface area contributed by atoms with Crippen molar-refractivity contribution in [2.75, 3.05) is 6.54 Å². The van der Waals surface area contributed by atoms with Crippen LogP contribution in [0, 0.1) is 17.8 Å². The fourth-order valence-electron chi connectivity index (χ4n) is 5.05. The van der Waals surface area contributed by atoms with Crippen LogP contribution in [0.1, 0.15) is 57.8 Å². The molecule has 3 heteroatoms. The molecule has 0 aromatic heterocycles. The lowest BCUT2D eigenvalue weighted by molar-refractivity contribution is -0.126. The molecule has 4 rings (SSSR count). The molecule has 102 valence electrons. The maximum absolute atomic E-state index is 12.1. The Balaban J connectivity index is 1.57. The third-order valence-electron chi connectivity index (χ3n) is 5.30. The SMILES string of the molecule is NCCCCC(=O)NC12CC3CC(CC(C3)C1)C2. The molecule has 0 aromatic rings. The van der Waals surface area contributed by atoms with Gasteiger partial charge in [-0.3, -0.25) is 4.79 Å². The molecule has 3 N–H and O–H groups in total. The second kappa shape index (κ2) is 4.84. The Labute approximate surface area is 110 Å². The maximum Gasteiger partial charge on any atom is 0.220 e. The van der Waals surface area contributed by atoms with Crippen LogP contribution in [0.3, 0.4) is 0 Å². The summed E-state index contributed by atoms with van der Waals surface area (Å²) in [6, 6.07) is 0. The first kappa shape index (κ1) is 12.5. The van der Waals surface area contributed by atoms with Crippen molar-refractivity contribution in [2.45, 2.75) is 63.3 Å². The van der Waals surface area contributed by atoms with E-state index in [2.05, 4.69) is 5.32 Å². The van der Waals surface area contributed by atoms with E-state index in [0.29, 0.717) is 13.0 Å². The number of hydrogen-bond acceptors (Lipinski definition) is 2. The fraction of sp³-hybridized carbons (Fsp3) is 0.933. The van der Waals surface area contributed by atoms with E-state index in [1.54, 1.807) is 0 Å². The highest BCUT2D eigenvalue weighted by Gasteiger charge is 2.51. The number of hydrogen-bond donors (Lipinski definition) is 2. The number of nitrogens with two attached hydrogens (primary N) is 1. The molecule has 4 aliphatic rings. The standard InChI is InChI=1S/C15H26N2O/c16-4-2-1-3-14(18)17-15-8-11-5-12(9-15)7-13(6-11)10-15/h11-13H,1-10,16H2,(H,17,18). The summed E-state index contributed by atoms with van der Waals surface area (Å²) in [6.07, 6.45) is 10.6. The van der Waals surface area contributed by atoms with Crippen LogP contribution in [-0.2, 0) is 4.79 Å². The number of unbranched alkanes of at least 4 members (excludes halogenated alkanes) is 1. The summed E-state index contributed by atoms with van der Waals surface area (Å²) in [5.41, 5.74) is 5.66. The van der Waals surface area contributed by atoms with Gasteiger partial charge in [0.1, 0.15) is 0 Å². The summed E-state index contributed by atoms with van der Waals surface area (Å²) in [6.45, 7) is 0.699. The van der Waals surface area contributed by atoms with E-state index in [1.165, 1.54) is 38.5 Å². The molecule has 0 saturated heterocycles. The molecular formula is C15H26N2O. The van der Waals surface area contributed by atoms with E-state index in [0.717, 1.165) is 30.6 Å². The predicted octanol–water partition coefficient (Wildman–Crippen LogP) is 2.20. The summed E-state index contributed by atoms with van der Waals surface area (Å²) in [7, 11) is 0. The van der Waals surface area contributed by atoms with Crippen molar-refractivity contribution in [2.24, 2.45) is 23.5 Å². The van der Waals surface area contributed by atoms with Crippen molar-refractivity contribution >= 4 is 5.91 Å². The van der Waals surface area contributed by atoms with Gasteiger partial charge in [0.25, 0.3) is 0 Å². The molecule has 0 aromatic carbocycles. The number of carbonyl (C=O) groups is 1. The van der Waals surface area contributed by atoms with Crippen LogP contribution < -0.4 is 11.1 Å². The van der Waals surface area contributed by atoms with Gasteiger partial charge in [0.2, 0.25) is 5.91 Å². The summed E-state index contributed by atoms with van der Waals surface area (Å²) in [5, 5.41) is 3.40. The molecule has 1 amide bonds. The molecule has 0 aliphatic heterocycles. The lowest BCUT2D eigenvalue weighted by atomic mass is 9.53. The van der Waals surface area contributed by atoms with Gasteiger partial charge in [0, 0.05) is 12.0 Å². The first-order chi connectivity index (χ1) is 8.69. The van der Waals surface area contributed by atoms with E-state index in [1.807, 2.05) is 0 Å². The Morgan fingerprint density at radius 3 is 2.11 bits per heavy atom. The molecule has 4 fully saturated rings. The average molecular weight is 250 g/mol. The molecule has 0 unspecified atom stereocenters. The smallest absolute Gasteiger partial charge is 0.220 e. The molecule has 4 saturated carbocycles. The molecule has 0 radical (unpaired) electrons. The van der Waals surface area contributed by atoms with Crippen molar-refractivity contribution in [1.82, 2.24) is 5.32 Å². The molecule has 0 heterocycles. The van der Waals surface area contributed by atoms with Gasteiger partial charge in [-0.05, 0) is 75.7 Å². The van der Waals surface area contributed by atoms with Crippen molar-refractivity contribution in [3.63, 3.8) is 0 Å². The number of amides is 1. The van der Waals surface area contributed by atoms with E-state index < -0.39 is 0 Å². The van der Waals surface area contributed by atoms with Crippen LogP contribution in [0.15, 0.2) is 0 Å². The summed E-state index contributed by atoms with van der Waals surface area (Å²) >= 11 is 0. The highest BCUT2D eigenvalue weighted by atomic mass is 16.1. The van der Waals surface area contributed by atoms with Gasteiger partial charge in [0.15, 0.2) is 0 Å². The van der Waals surface area contributed by atoms with Crippen LogP contribution in [0.25, 0.3) is 0 Å². The third kappa shape index (κ3) is 2.42. The summed E-state index contributed by atoms with van der Waals surface area (Å²) in [4.78, 5) is 12.1. The summed E-state index contributed by atoms with van der Waals surface area (Å²) in [5.74, 6) is 2.98. The van der Waals surface area contributed by atoms with Gasteiger partial charge in [-0.2, -0.15) is 0 Å². The Kier molecular flexibility index (Phi) is 3.35.